The van der Waals surface area contributed by atoms with Crippen LogP contribution in [-0.4, -0.2) is 22.0 Å². The molecule has 0 aliphatic carbocycles. The topological polar surface area (TPSA) is 84.2 Å². The summed E-state index contributed by atoms with van der Waals surface area (Å²) < 4.78 is 40.0. The highest BCUT2D eigenvalue weighted by molar-refractivity contribution is 7.87. The lowest BCUT2D eigenvalue weighted by Gasteiger charge is -2.06. The predicted octanol–water partition coefficient (Wildman–Crippen LogP) is -0.310. The lowest BCUT2D eigenvalue weighted by atomic mass is 10.1. The summed E-state index contributed by atoms with van der Waals surface area (Å²) in [5.41, 5.74) is 6.03. The molecule has 4 N–H and O–H groups in total. The van der Waals surface area contributed by atoms with E-state index >= 15 is 0 Å². The number of halogens is 1. The Morgan fingerprint density at radius 2 is 2.17 bits per heavy atom. The molecule has 0 radical (unpaired) electrons. The minimum Gasteiger partial charge on any atom is -0.320 e. The highest BCUT2D eigenvalue weighted by Gasteiger charge is 2.08. The molecule has 5 nitrogen and oxygen atoms in total. The number of nitrogens with two attached hydrogens (primary N) is 1. The van der Waals surface area contributed by atoms with Gasteiger partial charge in [-0.1, -0.05) is 11.8 Å². The van der Waals surface area contributed by atoms with E-state index in [1.807, 2.05) is 0 Å². The summed E-state index contributed by atoms with van der Waals surface area (Å²) in [6, 6.07) is 4.23. The molecule has 0 fully saturated rings. The lowest BCUT2D eigenvalue weighted by Crippen LogP contribution is -2.33. The van der Waals surface area contributed by atoms with Gasteiger partial charge in [0.05, 0.1) is 6.54 Å². The van der Waals surface area contributed by atoms with Gasteiger partial charge in [0.1, 0.15) is 5.82 Å². The van der Waals surface area contributed by atoms with Crippen LogP contribution in [0.5, 0.6) is 0 Å². The standard InChI is InChI=1S/C11H14FN3O2S/c1-14-18(16,17)15-8-10-7-9(3-2-6-13)4-5-11(10)12/h4-5,7,14-15H,6,8,13H2,1H3. The Hall–Kier alpha value is -1.46. The zero-order chi connectivity index (χ0) is 13.6. The summed E-state index contributed by atoms with van der Waals surface area (Å²) in [4.78, 5) is 0. The molecule has 1 aromatic carbocycles. The molecule has 0 unspecified atom stereocenters. The summed E-state index contributed by atoms with van der Waals surface area (Å²) in [5.74, 6) is 4.89. The molecule has 0 heterocycles. The fourth-order valence-corrected chi connectivity index (χ4v) is 1.68. The molecule has 0 aliphatic heterocycles. The van der Waals surface area contributed by atoms with Gasteiger partial charge in [0.2, 0.25) is 0 Å². The second-order valence-corrected chi connectivity index (χ2v) is 5.04. The van der Waals surface area contributed by atoms with Crippen molar-refractivity contribution in [1.29, 1.82) is 0 Å². The Balaban J connectivity index is 2.88. The van der Waals surface area contributed by atoms with Gasteiger partial charge in [-0.05, 0) is 18.2 Å². The van der Waals surface area contributed by atoms with E-state index in [1.54, 1.807) is 0 Å². The average Bonchev–Trinajstić information content (AvgIpc) is 2.36. The molecule has 7 heteroatoms. The SMILES string of the molecule is CNS(=O)(=O)NCc1cc(C#CCN)ccc1F. The van der Waals surface area contributed by atoms with Gasteiger partial charge < -0.3 is 5.73 Å². The van der Waals surface area contributed by atoms with Gasteiger partial charge in [0.15, 0.2) is 0 Å². The van der Waals surface area contributed by atoms with Gasteiger partial charge in [-0.3, -0.25) is 0 Å². The molecule has 0 bridgehead atoms. The van der Waals surface area contributed by atoms with Crippen LogP contribution in [0, 0.1) is 17.7 Å². The molecule has 0 spiro atoms. The maximum Gasteiger partial charge on any atom is 0.276 e. The first kappa shape index (κ1) is 14.6. The summed E-state index contributed by atoms with van der Waals surface area (Å²) in [6.45, 7) is 0.0618. The first-order valence-electron chi connectivity index (χ1n) is 5.14. The van der Waals surface area contributed by atoms with E-state index < -0.39 is 16.0 Å². The van der Waals surface area contributed by atoms with E-state index in [0.29, 0.717) is 5.56 Å². The third kappa shape index (κ3) is 4.43. The molecule has 0 aromatic heterocycles. The van der Waals surface area contributed by atoms with Crippen molar-refractivity contribution in [2.24, 2.45) is 5.73 Å². The molecule has 0 aliphatic rings. The third-order valence-electron chi connectivity index (χ3n) is 2.10. The predicted molar refractivity (Wildman–Crippen MR) is 67.2 cm³/mol. The van der Waals surface area contributed by atoms with Crippen molar-refractivity contribution in [1.82, 2.24) is 9.44 Å². The van der Waals surface area contributed by atoms with Crippen molar-refractivity contribution in [2.45, 2.75) is 6.54 Å². The van der Waals surface area contributed by atoms with Crippen LogP contribution in [0.15, 0.2) is 18.2 Å². The monoisotopic (exact) mass is 271 g/mol. The molecule has 98 valence electrons. The highest BCUT2D eigenvalue weighted by Crippen LogP contribution is 2.10. The van der Waals surface area contributed by atoms with Crippen LogP contribution >= 0.6 is 0 Å². The number of hydrogen-bond donors (Lipinski definition) is 3. The van der Waals surface area contributed by atoms with E-state index in [9.17, 15) is 12.8 Å². The minimum absolute atomic E-state index is 0.146. The van der Waals surface area contributed by atoms with Crippen molar-refractivity contribution < 1.29 is 12.8 Å². The number of hydrogen-bond acceptors (Lipinski definition) is 3. The molecule has 0 saturated carbocycles. The largest absolute Gasteiger partial charge is 0.320 e. The fourth-order valence-electron chi connectivity index (χ4n) is 1.19. The fraction of sp³-hybridized carbons (Fsp3) is 0.273. The maximum absolute atomic E-state index is 13.4. The quantitative estimate of drug-likeness (QED) is 0.657. The van der Waals surface area contributed by atoms with Crippen LogP contribution in [0.25, 0.3) is 0 Å². The van der Waals surface area contributed by atoms with E-state index in [0.717, 1.165) is 0 Å². The summed E-state index contributed by atoms with van der Waals surface area (Å²) in [7, 11) is -2.32. The Kier molecular flexibility index (Phi) is 5.25. The first-order valence-corrected chi connectivity index (χ1v) is 6.62. The third-order valence-corrected chi connectivity index (χ3v) is 3.16. The van der Waals surface area contributed by atoms with E-state index in [4.69, 9.17) is 5.73 Å². The van der Waals surface area contributed by atoms with Gasteiger partial charge in [0, 0.05) is 24.7 Å². The first-order chi connectivity index (χ1) is 8.48. The molecule has 1 rings (SSSR count). The van der Waals surface area contributed by atoms with E-state index in [1.165, 1.54) is 25.2 Å². The Morgan fingerprint density at radius 3 is 2.78 bits per heavy atom. The molecule has 0 amide bonds. The van der Waals surface area contributed by atoms with Crippen molar-refractivity contribution in [3.63, 3.8) is 0 Å². The van der Waals surface area contributed by atoms with Crippen molar-refractivity contribution in [3.05, 3.63) is 35.1 Å². The van der Waals surface area contributed by atoms with Gasteiger partial charge >= 0.3 is 0 Å². The lowest BCUT2D eigenvalue weighted by molar-refractivity contribution is 0.567. The van der Waals surface area contributed by atoms with Crippen molar-refractivity contribution >= 4 is 10.2 Å². The van der Waals surface area contributed by atoms with Crippen LogP contribution in [0.3, 0.4) is 0 Å². The Bertz CT molecular complexity index is 576. The molecular weight excluding hydrogens is 257 g/mol. The van der Waals surface area contributed by atoms with Gasteiger partial charge in [-0.15, -0.1) is 0 Å². The van der Waals surface area contributed by atoms with E-state index in [-0.39, 0.29) is 18.7 Å². The minimum atomic E-state index is -3.59. The molecule has 1 aromatic rings. The normalized spacial score (nSPS) is 10.8. The van der Waals surface area contributed by atoms with Crippen LogP contribution in [0.2, 0.25) is 0 Å². The second kappa shape index (κ2) is 6.47. The van der Waals surface area contributed by atoms with Gasteiger partial charge in [0.25, 0.3) is 10.2 Å². The van der Waals surface area contributed by atoms with Crippen LogP contribution in [0.4, 0.5) is 4.39 Å². The van der Waals surface area contributed by atoms with Crippen molar-refractivity contribution in [3.8, 4) is 11.8 Å². The highest BCUT2D eigenvalue weighted by atomic mass is 32.2. The zero-order valence-corrected chi connectivity index (χ0v) is 10.6. The summed E-state index contributed by atoms with van der Waals surface area (Å²) in [5, 5.41) is 0. The van der Waals surface area contributed by atoms with Crippen LogP contribution in [-0.2, 0) is 16.8 Å². The Labute approximate surface area is 106 Å². The van der Waals surface area contributed by atoms with E-state index in [2.05, 4.69) is 21.3 Å². The smallest absolute Gasteiger partial charge is 0.276 e. The van der Waals surface area contributed by atoms with Gasteiger partial charge in [-0.2, -0.15) is 13.1 Å². The van der Waals surface area contributed by atoms with Crippen LogP contribution < -0.4 is 15.2 Å². The number of nitrogens with one attached hydrogen (secondary N) is 2. The summed E-state index contributed by atoms with van der Waals surface area (Å²) >= 11 is 0. The maximum atomic E-state index is 13.4. The number of rotatable bonds is 4. The summed E-state index contributed by atoms with van der Waals surface area (Å²) in [6.07, 6.45) is 0. The van der Waals surface area contributed by atoms with Gasteiger partial charge in [-0.25, -0.2) is 9.11 Å². The second-order valence-electron chi connectivity index (χ2n) is 3.34. The van der Waals surface area contributed by atoms with Crippen LogP contribution in [0.1, 0.15) is 11.1 Å². The molecular formula is C11H14FN3O2S. The van der Waals surface area contributed by atoms with Crippen molar-refractivity contribution in [2.75, 3.05) is 13.6 Å². The molecule has 18 heavy (non-hydrogen) atoms. The molecule has 0 atom stereocenters. The Morgan fingerprint density at radius 1 is 1.44 bits per heavy atom. The zero-order valence-electron chi connectivity index (χ0n) is 9.83. The molecule has 0 saturated heterocycles. The number of benzene rings is 1. The average molecular weight is 271 g/mol.